The molecule has 0 saturated carbocycles. The molecule has 0 fully saturated rings. The number of ether oxygens (including phenoxy) is 2. The highest BCUT2D eigenvalue weighted by Crippen LogP contribution is 2.18. The van der Waals surface area contributed by atoms with Crippen molar-refractivity contribution in [3.63, 3.8) is 0 Å². The van der Waals surface area contributed by atoms with Gasteiger partial charge in [-0.15, -0.1) is 0 Å². The van der Waals surface area contributed by atoms with Crippen LogP contribution in [0.4, 0.5) is 4.39 Å². The van der Waals surface area contributed by atoms with Gasteiger partial charge in [0.1, 0.15) is 17.3 Å². The van der Waals surface area contributed by atoms with Crippen LogP contribution in [0.1, 0.15) is 19.4 Å². The van der Waals surface area contributed by atoms with Gasteiger partial charge >= 0.3 is 0 Å². The Morgan fingerprint density at radius 2 is 1.69 bits per heavy atom. The summed E-state index contributed by atoms with van der Waals surface area (Å²) in [5.74, 6) is -0.329. The Balaban J connectivity index is 1.79. The maximum Gasteiger partial charge on any atom is 0.279 e. The van der Waals surface area contributed by atoms with Crippen molar-refractivity contribution in [2.45, 2.75) is 26.4 Å². The van der Waals surface area contributed by atoms with Crippen molar-refractivity contribution < 1.29 is 23.5 Å². The minimum Gasteiger partial charge on any atom is -0.494 e. The number of hydrogen-bond donors (Lipinski definition) is 2. The van der Waals surface area contributed by atoms with E-state index in [1.807, 2.05) is 6.92 Å². The van der Waals surface area contributed by atoms with Gasteiger partial charge in [0, 0.05) is 0 Å². The normalized spacial score (nSPS) is 11.3. The van der Waals surface area contributed by atoms with E-state index in [0.29, 0.717) is 18.1 Å². The summed E-state index contributed by atoms with van der Waals surface area (Å²) >= 11 is 0. The molecule has 26 heavy (non-hydrogen) atoms. The maximum absolute atomic E-state index is 13.5. The first-order valence-corrected chi connectivity index (χ1v) is 8.21. The molecule has 2 aromatic rings. The lowest BCUT2D eigenvalue weighted by atomic mass is 10.1. The second-order valence-electron chi connectivity index (χ2n) is 5.47. The number of benzene rings is 2. The van der Waals surface area contributed by atoms with E-state index < -0.39 is 23.7 Å². The number of carbonyl (C=O) groups excluding carboxylic acids is 2. The summed E-state index contributed by atoms with van der Waals surface area (Å²) in [6.07, 6.45) is -1.01. The molecule has 7 heteroatoms. The second kappa shape index (κ2) is 9.41. The molecule has 0 aliphatic carbocycles. The van der Waals surface area contributed by atoms with Crippen molar-refractivity contribution in [2.24, 2.45) is 0 Å². The zero-order valence-electron chi connectivity index (χ0n) is 14.6. The molecule has 0 saturated heterocycles. The standard InChI is InChI=1S/C19H21FN2O4/c1-3-25-15-8-10-16(11-9-15)26-13(2)19(24)22-21-18(23)12-14-6-4-5-7-17(14)20/h4-11,13H,3,12H2,1-2H3,(H,21,23)(H,22,24). The van der Waals surface area contributed by atoms with E-state index in [1.165, 1.54) is 12.1 Å². The Labute approximate surface area is 151 Å². The number of rotatable bonds is 7. The molecule has 0 heterocycles. The van der Waals surface area contributed by atoms with Gasteiger partial charge in [0.2, 0.25) is 5.91 Å². The van der Waals surface area contributed by atoms with Crippen molar-refractivity contribution in [1.29, 1.82) is 0 Å². The highest BCUT2D eigenvalue weighted by Gasteiger charge is 2.16. The van der Waals surface area contributed by atoms with Crippen LogP contribution in [0, 0.1) is 5.82 Å². The molecule has 2 N–H and O–H groups in total. The van der Waals surface area contributed by atoms with Crippen LogP contribution in [0.2, 0.25) is 0 Å². The average Bonchev–Trinajstić information content (AvgIpc) is 2.63. The van der Waals surface area contributed by atoms with Crippen LogP contribution < -0.4 is 20.3 Å². The number of hydrogen-bond acceptors (Lipinski definition) is 4. The molecule has 0 aromatic heterocycles. The summed E-state index contributed by atoms with van der Waals surface area (Å²) < 4.78 is 24.3. The summed E-state index contributed by atoms with van der Waals surface area (Å²) in [6, 6.07) is 12.8. The van der Waals surface area contributed by atoms with Gasteiger partial charge in [0.15, 0.2) is 6.10 Å². The van der Waals surface area contributed by atoms with Crippen LogP contribution in [-0.4, -0.2) is 24.5 Å². The lowest BCUT2D eigenvalue weighted by molar-refractivity contribution is -0.132. The molecule has 0 radical (unpaired) electrons. The third-order valence-corrected chi connectivity index (χ3v) is 3.45. The average molecular weight is 360 g/mol. The maximum atomic E-state index is 13.5. The Morgan fingerprint density at radius 3 is 2.35 bits per heavy atom. The number of halogens is 1. The first kappa shape index (κ1) is 19.2. The van der Waals surface area contributed by atoms with E-state index in [9.17, 15) is 14.0 Å². The van der Waals surface area contributed by atoms with Gasteiger partial charge in [-0.1, -0.05) is 18.2 Å². The molecule has 2 rings (SSSR count). The van der Waals surface area contributed by atoms with Crippen molar-refractivity contribution in [3.8, 4) is 11.5 Å². The van der Waals surface area contributed by atoms with Crippen molar-refractivity contribution in [2.75, 3.05) is 6.61 Å². The lowest BCUT2D eigenvalue weighted by Crippen LogP contribution is -2.47. The van der Waals surface area contributed by atoms with E-state index in [4.69, 9.17) is 9.47 Å². The number of hydrazine groups is 1. The van der Waals surface area contributed by atoms with Crippen LogP contribution in [0.3, 0.4) is 0 Å². The zero-order chi connectivity index (χ0) is 18.9. The molecule has 2 aromatic carbocycles. The third kappa shape index (κ3) is 5.77. The molecular weight excluding hydrogens is 339 g/mol. The smallest absolute Gasteiger partial charge is 0.279 e. The van der Waals surface area contributed by atoms with Gasteiger partial charge < -0.3 is 9.47 Å². The Bertz CT molecular complexity index is 749. The highest BCUT2D eigenvalue weighted by atomic mass is 19.1. The van der Waals surface area contributed by atoms with Gasteiger partial charge in [-0.2, -0.15) is 0 Å². The van der Waals surface area contributed by atoms with Crippen molar-refractivity contribution in [1.82, 2.24) is 10.9 Å². The topological polar surface area (TPSA) is 76.7 Å². The zero-order valence-corrected chi connectivity index (χ0v) is 14.6. The summed E-state index contributed by atoms with van der Waals surface area (Å²) in [6.45, 7) is 4.00. The Hall–Kier alpha value is -3.09. The van der Waals surface area contributed by atoms with Gasteiger partial charge in [-0.3, -0.25) is 20.4 Å². The number of carbonyl (C=O) groups is 2. The molecule has 6 nitrogen and oxygen atoms in total. The lowest BCUT2D eigenvalue weighted by Gasteiger charge is -2.15. The van der Waals surface area contributed by atoms with Gasteiger partial charge in [-0.25, -0.2) is 4.39 Å². The molecule has 1 atom stereocenters. The van der Waals surface area contributed by atoms with E-state index in [0.717, 1.165) is 0 Å². The first-order chi connectivity index (χ1) is 12.5. The number of nitrogens with one attached hydrogen (secondary N) is 2. The van der Waals surface area contributed by atoms with Gasteiger partial charge in [-0.05, 0) is 49.7 Å². The monoisotopic (exact) mass is 360 g/mol. The Morgan fingerprint density at radius 1 is 1.04 bits per heavy atom. The molecule has 0 aliphatic rings. The van der Waals surface area contributed by atoms with E-state index in [-0.39, 0.29) is 12.0 Å². The van der Waals surface area contributed by atoms with Crippen LogP contribution in [0.15, 0.2) is 48.5 Å². The third-order valence-electron chi connectivity index (χ3n) is 3.45. The van der Waals surface area contributed by atoms with Gasteiger partial charge in [0.05, 0.1) is 13.0 Å². The van der Waals surface area contributed by atoms with E-state index in [2.05, 4.69) is 10.9 Å². The van der Waals surface area contributed by atoms with Gasteiger partial charge in [0.25, 0.3) is 5.91 Å². The van der Waals surface area contributed by atoms with Crippen LogP contribution in [0.5, 0.6) is 11.5 Å². The minimum absolute atomic E-state index is 0.179. The Kier molecular flexibility index (Phi) is 6.96. The second-order valence-corrected chi connectivity index (χ2v) is 5.47. The molecule has 0 spiro atoms. The van der Waals surface area contributed by atoms with Crippen LogP contribution >= 0.6 is 0 Å². The molecule has 1 unspecified atom stereocenters. The summed E-state index contributed by atoms with van der Waals surface area (Å²) in [7, 11) is 0. The summed E-state index contributed by atoms with van der Waals surface area (Å²) in [4.78, 5) is 23.8. The summed E-state index contributed by atoms with van der Waals surface area (Å²) in [5.41, 5.74) is 4.76. The fraction of sp³-hybridized carbons (Fsp3) is 0.263. The van der Waals surface area contributed by atoms with E-state index in [1.54, 1.807) is 43.3 Å². The van der Waals surface area contributed by atoms with Crippen molar-refractivity contribution in [3.05, 3.63) is 59.9 Å². The summed E-state index contributed by atoms with van der Waals surface area (Å²) in [5, 5.41) is 0. The van der Waals surface area contributed by atoms with Crippen LogP contribution in [0.25, 0.3) is 0 Å². The molecule has 2 amide bonds. The molecule has 138 valence electrons. The minimum atomic E-state index is -0.832. The van der Waals surface area contributed by atoms with Crippen LogP contribution in [-0.2, 0) is 16.0 Å². The number of amides is 2. The SMILES string of the molecule is CCOc1ccc(OC(C)C(=O)NNC(=O)Cc2ccccc2F)cc1. The first-order valence-electron chi connectivity index (χ1n) is 8.21. The molecular formula is C19H21FN2O4. The predicted octanol–water partition coefficient (Wildman–Crippen LogP) is 2.38. The van der Waals surface area contributed by atoms with Crippen molar-refractivity contribution >= 4 is 11.8 Å². The highest BCUT2D eigenvalue weighted by molar-refractivity contribution is 5.85. The molecule has 0 bridgehead atoms. The molecule has 0 aliphatic heterocycles. The predicted molar refractivity (Wildman–Crippen MR) is 94.1 cm³/mol. The largest absolute Gasteiger partial charge is 0.494 e. The van der Waals surface area contributed by atoms with E-state index >= 15 is 0 Å². The quantitative estimate of drug-likeness (QED) is 0.744. The fourth-order valence-electron chi connectivity index (χ4n) is 2.13. The fourth-order valence-corrected chi connectivity index (χ4v) is 2.13.